The van der Waals surface area contributed by atoms with E-state index in [0.29, 0.717) is 5.69 Å². The molecule has 3 heteroatoms. The van der Waals surface area contributed by atoms with Crippen LogP contribution >= 0.6 is 0 Å². The molecule has 0 fully saturated rings. The van der Waals surface area contributed by atoms with Crippen molar-refractivity contribution in [3.05, 3.63) is 48.3 Å². The molecule has 0 aliphatic heterocycles. The summed E-state index contributed by atoms with van der Waals surface area (Å²) in [4.78, 5) is 8.76. The summed E-state index contributed by atoms with van der Waals surface area (Å²) < 4.78 is 0. The summed E-state index contributed by atoms with van der Waals surface area (Å²) in [5, 5.41) is 10.2. The number of pyridine rings is 2. The van der Waals surface area contributed by atoms with Crippen molar-refractivity contribution in [1.82, 2.24) is 9.97 Å². The van der Waals surface area contributed by atoms with Crippen molar-refractivity contribution < 1.29 is 5.11 Å². The molecule has 0 saturated heterocycles. The zero-order valence-electron chi connectivity index (χ0n) is 11.0. The van der Waals surface area contributed by atoms with Crippen molar-refractivity contribution in [3.8, 4) is 11.4 Å². The Labute approximate surface area is 108 Å². The maximum absolute atomic E-state index is 10.2. The largest absolute Gasteiger partial charge is 0.386 e. The van der Waals surface area contributed by atoms with Gasteiger partial charge in [-0.25, -0.2) is 4.98 Å². The first kappa shape index (κ1) is 12.7. The van der Waals surface area contributed by atoms with Gasteiger partial charge in [-0.1, -0.05) is 32.9 Å². The van der Waals surface area contributed by atoms with E-state index in [0.717, 1.165) is 11.4 Å². The van der Waals surface area contributed by atoms with Crippen LogP contribution in [0.15, 0.2) is 42.6 Å². The Morgan fingerprint density at radius 1 is 1.00 bits per heavy atom. The molecule has 0 aliphatic rings. The lowest BCUT2D eigenvalue weighted by molar-refractivity contribution is 0.0590. The fraction of sp³-hybridized carbons (Fsp3) is 0.333. The maximum Gasteiger partial charge on any atom is 0.101 e. The van der Waals surface area contributed by atoms with E-state index >= 15 is 0 Å². The zero-order chi connectivity index (χ0) is 13.2. The molecule has 0 bridgehead atoms. The molecule has 2 aromatic heterocycles. The summed E-state index contributed by atoms with van der Waals surface area (Å²) in [6.07, 6.45) is 1.16. The van der Waals surface area contributed by atoms with Gasteiger partial charge in [0.15, 0.2) is 0 Å². The van der Waals surface area contributed by atoms with E-state index in [-0.39, 0.29) is 5.41 Å². The van der Waals surface area contributed by atoms with E-state index in [2.05, 4.69) is 9.97 Å². The molecule has 2 heterocycles. The molecule has 0 radical (unpaired) electrons. The second-order valence-electron chi connectivity index (χ2n) is 5.43. The summed E-state index contributed by atoms with van der Waals surface area (Å²) in [5.41, 5.74) is 2.07. The number of nitrogens with zero attached hydrogens (tertiary/aromatic N) is 2. The second kappa shape index (κ2) is 4.86. The van der Waals surface area contributed by atoms with E-state index in [1.165, 1.54) is 0 Å². The van der Waals surface area contributed by atoms with Crippen molar-refractivity contribution in [2.75, 3.05) is 0 Å². The highest BCUT2D eigenvalue weighted by Crippen LogP contribution is 2.32. The molecule has 0 aromatic carbocycles. The Bertz CT molecular complexity index is 518. The van der Waals surface area contributed by atoms with Gasteiger partial charge >= 0.3 is 0 Å². The van der Waals surface area contributed by atoms with Gasteiger partial charge in [0, 0.05) is 6.20 Å². The molecule has 2 rings (SSSR count). The zero-order valence-corrected chi connectivity index (χ0v) is 11.0. The van der Waals surface area contributed by atoms with Crippen LogP contribution < -0.4 is 0 Å². The van der Waals surface area contributed by atoms with Gasteiger partial charge in [0.25, 0.3) is 0 Å². The SMILES string of the molecule is CC(C)(C)C(O)c1cccc(-c2ccccn2)n1. The van der Waals surface area contributed by atoms with Gasteiger partial charge in [-0.3, -0.25) is 4.98 Å². The highest BCUT2D eigenvalue weighted by atomic mass is 16.3. The van der Waals surface area contributed by atoms with Crippen LogP contribution in [0.1, 0.15) is 32.6 Å². The van der Waals surface area contributed by atoms with Gasteiger partial charge in [-0.15, -0.1) is 0 Å². The van der Waals surface area contributed by atoms with Crippen LogP contribution in [-0.2, 0) is 0 Å². The number of hydrogen-bond acceptors (Lipinski definition) is 3. The minimum Gasteiger partial charge on any atom is -0.386 e. The van der Waals surface area contributed by atoms with Gasteiger partial charge in [0.2, 0.25) is 0 Å². The normalized spacial score (nSPS) is 13.3. The third-order valence-electron chi connectivity index (χ3n) is 2.80. The fourth-order valence-corrected chi connectivity index (χ4v) is 1.70. The van der Waals surface area contributed by atoms with Gasteiger partial charge in [-0.05, 0) is 29.7 Å². The number of aliphatic hydroxyl groups is 1. The van der Waals surface area contributed by atoms with Crippen LogP contribution in [0.25, 0.3) is 11.4 Å². The van der Waals surface area contributed by atoms with Gasteiger partial charge in [0.05, 0.1) is 17.1 Å². The summed E-state index contributed by atoms with van der Waals surface area (Å²) in [5.74, 6) is 0. The predicted octanol–water partition coefficient (Wildman–Crippen LogP) is 3.22. The third kappa shape index (κ3) is 2.74. The molecule has 1 atom stereocenters. The number of aliphatic hydroxyl groups excluding tert-OH is 1. The van der Waals surface area contributed by atoms with Crippen molar-refractivity contribution in [3.63, 3.8) is 0 Å². The van der Waals surface area contributed by atoms with Crippen LogP contribution in [0, 0.1) is 5.41 Å². The Morgan fingerprint density at radius 2 is 1.72 bits per heavy atom. The summed E-state index contributed by atoms with van der Waals surface area (Å²) in [6.45, 7) is 5.98. The lowest BCUT2D eigenvalue weighted by atomic mass is 9.87. The molecule has 1 N–H and O–H groups in total. The minimum absolute atomic E-state index is 0.226. The molecule has 2 aromatic rings. The third-order valence-corrected chi connectivity index (χ3v) is 2.80. The molecule has 3 nitrogen and oxygen atoms in total. The molecule has 0 aliphatic carbocycles. The molecule has 0 spiro atoms. The van der Waals surface area contributed by atoms with Crippen molar-refractivity contribution in [1.29, 1.82) is 0 Å². The lowest BCUT2D eigenvalue weighted by Gasteiger charge is -2.25. The smallest absolute Gasteiger partial charge is 0.101 e. The average molecular weight is 242 g/mol. The summed E-state index contributed by atoms with van der Waals surface area (Å²) >= 11 is 0. The first-order valence-corrected chi connectivity index (χ1v) is 6.05. The van der Waals surface area contributed by atoms with E-state index in [4.69, 9.17) is 0 Å². The number of hydrogen-bond donors (Lipinski definition) is 1. The van der Waals surface area contributed by atoms with E-state index in [1.54, 1.807) is 6.20 Å². The molecular formula is C15H18N2O. The standard InChI is InChI=1S/C15H18N2O/c1-15(2,3)14(18)13-9-6-8-12(17-13)11-7-4-5-10-16-11/h4-10,14,18H,1-3H3. The average Bonchev–Trinajstić information content (AvgIpc) is 2.38. The van der Waals surface area contributed by atoms with Gasteiger partial charge in [-0.2, -0.15) is 0 Å². The van der Waals surface area contributed by atoms with E-state index in [9.17, 15) is 5.11 Å². The molecule has 0 amide bonds. The Morgan fingerprint density at radius 3 is 2.33 bits per heavy atom. The van der Waals surface area contributed by atoms with Crippen molar-refractivity contribution in [2.24, 2.45) is 5.41 Å². The molecular weight excluding hydrogens is 224 g/mol. The monoisotopic (exact) mass is 242 g/mol. The molecule has 1 unspecified atom stereocenters. The predicted molar refractivity (Wildman–Crippen MR) is 71.9 cm³/mol. The minimum atomic E-state index is -0.582. The van der Waals surface area contributed by atoms with Gasteiger partial charge in [0.1, 0.15) is 6.10 Å². The molecule has 94 valence electrons. The van der Waals surface area contributed by atoms with E-state index in [1.807, 2.05) is 57.2 Å². The van der Waals surface area contributed by atoms with Crippen LogP contribution in [0.2, 0.25) is 0 Å². The van der Waals surface area contributed by atoms with Crippen molar-refractivity contribution >= 4 is 0 Å². The van der Waals surface area contributed by atoms with E-state index < -0.39 is 6.10 Å². The first-order chi connectivity index (χ1) is 8.48. The van der Waals surface area contributed by atoms with Crippen molar-refractivity contribution in [2.45, 2.75) is 26.9 Å². The molecule has 0 saturated carbocycles. The highest BCUT2D eigenvalue weighted by molar-refractivity contribution is 5.53. The van der Waals surface area contributed by atoms with Crippen LogP contribution in [0.5, 0.6) is 0 Å². The van der Waals surface area contributed by atoms with Crippen LogP contribution in [-0.4, -0.2) is 15.1 Å². The molecule has 18 heavy (non-hydrogen) atoms. The van der Waals surface area contributed by atoms with Gasteiger partial charge < -0.3 is 5.11 Å². The summed E-state index contributed by atoms with van der Waals surface area (Å²) in [6, 6.07) is 11.4. The van der Waals surface area contributed by atoms with Crippen LogP contribution in [0.3, 0.4) is 0 Å². The number of rotatable bonds is 2. The Kier molecular flexibility index (Phi) is 3.43. The maximum atomic E-state index is 10.2. The quantitative estimate of drug-likeness (QED) is 0.879. The Balaban J connectivity index is 2.37. The van der Waals surface area contributed by atoms with Crippen LogP contribution in [0.4, 0.5) is 0 Å². The topological polar surface area (TPSA) is 46.0 Å². The number of aromatic nitrogens is 2. The lowest BCUT2D eigenvalue weighted by Crippen LogP contribution is -2.19. The first-order valence-electron chi connectivity index (χ1n) is 6.05. The fourth-order valence-electron chi connectivity index (χ4n) is 1.70. The highest BCUT2D eigenvalue weighted by Gasteiger charge is 2.25. The second-order valence-corrected chi connectivity index (χ2v) is 5.43. The summed E-state index contributed by atoms with van der Waals surface area (Å²) in [7, 11) is 0. The Hall–Kier alpha value is -1.74.